The molecule has 1 aromatic rings. The fourth-order valence-electron chi connectivity index (χ4n) is 2.81. The molecule has 1 atom stereocenters. The second-order valence-electron chi connectivity index (χ2n) is 4.97. The Hall–Kier alpha value is -1.51. The lowest BCUT2D eigenvalue weighted by Crippen LogP contribution is -2.39. The van der Waals surface area contributed by atoms with Gasteiger partial charge in [-0.1, -0.05) is 18.2 Å². The molecule has 0 spiro atoms. The zero-order chi connectivity index (χ0) is 11.7. The van der Waals surface area contributed by atoms with Crippen molar-refractivity contribution in [1.82, 2.24) is 4.90 Å². The molecule has 1 unspecified atom stereocenters. The van der Waals surface area contributed by atoms with Gasteiger partial charge in [-0.25, -0.2) is 0 Å². The second-order valence-corrected chi connectivity index (χ2v) is 4.97. The van der Waals surface area contributed by atoms with E-state index < -0.39 is 0 Å². The summed E-state index contributed by atoms with van der Waals surface area (Å²) in [6, 6.07) is 8.29. The summed E-state index contributed by atoms with van der Waals surface area (Å²) >= 11 is 0. The van der Waals surface area contributed by atoms with Gasteiger partial charge in [0, 0.05) is 25.3 Å². The molecule has 2 aliphatic rings. The first kappa shape index (κ1) is 10.6. The number of likely N-dealkylation sites (tertiary alicyclic amines) is 1. The zero-order valence-corrected chi connectivity index (χ0v) is 9.98. The van der Waals surface area contributed by atoms with Crippen molar-refractivity contribution in [2.45, 2.75) is 19.3 Å². The third-order valence-electron chi connectivity index (χ3n) is 3.79. The van der Waals surface area contributed by atoms with Gasteiger partial charge in [-0.05, 0) is 30.9 Å². The van der Waals surface area contributed by atoms with Crippen LogP contribution in [0.1, 0.15) is 18.4 Å². The highest BCUT2D eigenvalue weighted by Gasteiger charge is 2.29. The number of hydrogen-bond donors (Lipinski definition) is 1. The minimum absolute atomic E-state index is 0.128. The summed E-state index contributed by atoms with van der Waals surface area (Å²) in [6.45, 7) is 2.69. The number of fused-ring (bicyclic) bond motifs is 1. The SMILES string of the molecule is O=C(C1CNc2ccccc2C1)N1CCCC1. The second kappa shape index (κ2) is 4.40. The predicted molar refractivity (Wildman–Crippen MR) is 67.9 cm³/mol. The highest BCUT2D eigenvalue weighted by atomic mass is 16.2. The van der Waals surface area contributed by atoms with Gasteiger partial charge in [0.1, 0.15) is 0 Å². The van der Waals surface area contributed by atoms with Crippen LogP contribution in [0.2, 0.25) is 0 Å². The largest absolute Gasteiger partial charge is 0.384 e. The first-order valence-electron chi connectivity index (χ1n) is 6.45. The quantitative estimate of drug-likeness (QED) is 0.799. The monoisotopic (exact) mass is 230 g/mol. The molecule has 1 N–H and O–H groups in total. The summed E-state index contributed by atoms with van der Waals surface area (Å²) in [7, 11) is 0. The molecular formula is C14H18N2O. The summed E-state index contributed by atoms with van der Waals surface area (Å²) in [5, 5.41) is 3.37. The number of rotatable bonds is 1. The Balaban J connectivity index is 1.73. The maximum atomic E-state index is 12.3. The fraction of sp³-hybridized carbons (Fsp3) is 0.500. The van der Waals surface area contributed by atoms with Crippen LogP contribution in [0.5, 0.6) is 0 Å². The van der Waals surface area contributed by atoms with Crippen LogP contribution in [0, 0.1) is 5.92 Å². The van der Waals surface area contributed by atoms with E-state index in [1.165, 1.54) is 24.1 Å². The van der Waals surface area contributed by atoms with Crippen molar-refractivity contribution >= 4 is 11.6 Å². The fourth-order valence-corrected chi connectivity index (χ4v) is 2.81. The summed E-state index contributed by atoms with van der Waals surface area (Å²) in [5.74, 6) is 0.465. The molecule has 0 bridgehead atoms. The van der Waals surface area contributed by atoms with Gasteiger partial charge < -0.3 is 10.2 Å². The summed E-state index contributed by atoms with van der Waals surface area (Å²) in [5.41, 5.74) is 2.47. The van der Waals surface area contributed by atoms with Gasteiger partial charge in [0.05, 0.1) is 5.92 Å². The standard InChI is InChI=1S/C14H18N2O/c17-14(16-7-3-4-8-16)12-9-11-5-1-2-6-13(11)15-10-12/h1-2,5-6,12,15H,3-4,7-10H2. The van der Waals surface area contributed by atoms with Crippen LogP contribution in [-0.2, 0) is 11.2 Å². The van der Waals surface area contributed by atoms with Crippen LogP contribution < -0.4 is 5.32 Å². The molecule has 1 amide bonds. The van der Waals surface area contributed by atoms with Crippen LogP contribution in [0.3, 0.4) is 0 Å². The maximum Gasteiger partial charge on any atom is 0.227 e. The third-order valence-corrected chi connectivity index (χ3v) is 3.79. The molecular weight excluding hydrogens is 212 g/mol. The third kappa shape index (κ3) is 2.02. The summed E-state index contributed by atoms with van der Waals surface area (Å²) in [4.78, 5) is 14.3. The van der Waals surface area contributed by atoms with Gasteiger partial charge in [0.15, 0.2) is 0 Å². The van der Waals surface area contributed by atoms with Crippen molar-refractivity contribution < 1.29 is 4.79 Å². The van der Waals surface area contributed by atoms with E-state index >= 15 is 0 Å². The lowest BCUT2D eigenvalue weighted by molar-refractivity contribution is -0.134. The van der Waals surface area contributed by atoms with Gasteiger partial charge in [-0.2, -0.15) is 0 Å². The van der Waals surface area contributed by atoms with Crippen molar-refractivity contribution in [3.8, 4) is 0 Å². The first-order valence-corrected chi connectivity index (χ1v) is 6.45. The number of hydrogen-bond acceptors (Lipinski definition) is 2. The predicted octanol–water partition coefficient (Wildman–Crippen LogP) is 1.89. The number of carbonyl (C=O) groups is 1. The summed E-state index contributed by atoms with van der Waals surface area (Å²) < 4.78 is 0. The smallest absolute Gasteiger partial charge is 0.227 e. The average Bonchev–Trinajstić information content (AvgIpc) is 2.91. The van der Waals surface area contributed by atoms with Crippen molar-refractivity contribution in [1.29, 1.82) is 0 Å². The summed E-state index contributed by atoms with van der Waals surface area (Å²) in [6.07, 6.45) is 3.23. The molecule has 0 aromatic heterocycles. The van der Waals surface area contributed by atoms with Crippen molar-refractivity contribution in [2.24, 2.45) is 5.92 Å². The van der Waals surface area contributed by atoms with E-state index in [9.17, 15) is 4.79 Å². The van der Waals surface area contributed by atoms with Gasteiger partial charge in [0.25, 0.3) is 0 Å². The van der Waals surface area contributed by atoms with E-state index in [1.54, 1.807) is 0 Å². The Morgan fingerprint density at radius 1 is 1.24 bits per heavy atom. The Bertz CT molecular complexity index is 424. The van der Waals surface area contributed by atoms with E-state index in [-0.39, 0.29) is 5.92 Å². The Morgan fingerprint density at radius 2 is 2.00 bits per heavy atom. The molecule has 0 radical (unpaired) electrons. The molecule has 0 aliphatic carbocycles. The number of carbonyl (C=O) groups excluding carboxylic acids is 1. The minimum Gasteiger partial charge on any atom is -0.384 e. The van der Waals surface area contributed by atoms with Crippen molar-refractivity contribution in [2.75, 3.05) is 25.0 Å². The highest BCUT2D eigenvalue weighted by Crippen LogP contribution is 2.26. The van der Waals surface area contributed by atoms with Crippen molar-refractivity contribution in [3.63, 3.8) is 0 Å². The number of anilines is 1. The molecule has 90 valence electrons. The average molecular weight is 230 g/mol. The van der Waals surface area contributed by atoms with E-state index in [0.717, 1.165) is 26.1 Å². The number of nitrogens with one attached hydrogen (secondary N) is 1. The molecule has 1 fully saturated rings. The van der Waals surface area contributed by atoms with E-state index in [2.05, 4.69) is 17.4 Å². The van der Waals surface area contributed by atoms with Crippen LogP contribution in [0.15, 0.2) is 24.3 Å². The number of para-hydroxylation sites is 1. The van der Waals surface area contributed by atoms with Crippen LogP contribution in [0.4, 0.5) is 5.69 Å². The maximum absolute atomic E-state index is 12.3. The topological polar surface area (TPSA) is 32.3 Å². The van der Waals surface area contributed by atoms with Gasteiger partial charge in [0.2, 0.25) is 5.91 Å². The molecule has 3 nitrogen and oxygen atoms in total. The molecule has 2 heterocycles. The molecule has 1 aromatic carbocycles. The highest BCUT2D eigenvalue weighted by molar-refractivity contribution is 5.81. The number of benzene rings is 1. The first-order chi connectivity index (χ1) is 8.34. The number of amides is 1. The lowest BCUT2D eigenvalue weighted by Gasteiger charge is -2.28. The Kier molecular flexibility index (Phi) is 2.75. The minimum atomic E-state index is 0.128. The molecule has 17 heavy (non-hydrogen) atoms. The van der Waals surface area contributed by atoms with E-state index in [4.69, 9.17) is 0 Å². The van der Waals surface area contributed by atoms with Gasteiger partial charge in [-0.3, -0.25) is 4.79 Å². The van der Waals surface area contributed by atoms with Crippen LogP contribution >= 0.6 is 0 Å². The van der Waals surface area contributed by atoms with E-state index in [0.29, 0.717) is 5.91 Å². The van der Waals surface area contributed by atoms with Gasteiger partial charge >= 0.3 is 0 Å². The van der Waals surface area contributed by atoms with Gasteiger partial charge in [-0.15, -0.1) is 0 Å². The number of nitrogens with zero attached hydrogens (tertiary/aromatic N) is 1. The lowest BCUT2D eigenvalue weighted by atomic mass is 9.93. The Morgan fingerprint density at radius 3 is 2.82 bits per heavy atom. The molecule has 1 saturated heterocycles. The van der Waals surface area contributed by atoms with E-state index in [1.807, 2.05) is 17.0 Å². The normalized spacial score (nSPS) is 23.1. The molecule has 2 aliphatic heterocycles. The Labute approximate surface area is 102 Å². The van der Waals surface area contributed by atoms with Crippen LogP contribution in [0.25, 0.3) is 0 Å². The zero-order valence-electron chi connectivity index (χ0n) is 9.98. The molecule has 0 saturated carbocycles. The van der Waals surface area contributed by atoms with Crippen LogP contribution in [-0.4, -0.2) is 30.4 Å². The molecule has 3 rings (SSSR count). The molecule has 3 heteroatoms. The van der Waals surface area contributed by atoms with Crippen molar-refractivity contribution in [3.05, 3.63) is 29.8 Å².